The normalized spacial score (nSPS) is 11.7. The van der Waals surface area contributed by atoms with E-state index in [-0.39, 0.29) is 0 Å². The molecule has 2 N–H and O–H groups in total. The van der Waals surface area contributed by atoms with Gasteiger partial charge >= 0.3 is 0 Å². The molecule has 0 saturated heterocycles. The van der Waals surface area contributed by atoms with E-state index in [1.807, 2.05) is 13.8 Å². The summed E-state index contributed by atoms with van der Waals surface area (Å²) in [4.78, 5) is 0. The van der Waals surface area contributed by atoms with Crippen molar-refractivity contribution < 1.29 is 13.9 Å². The summed E-state index contributed by atoms with van der Waals surface area (Å²) < 4.78 is 27.4. The molecule has 0 unspecified atom stereocenters. The van der Waals surface area contributed by atoms with Crippen molar-refractivity contribution in [2.45, 2.75) is 25.9 Å². The van der Waals surface area contributed by atoms with Gasteiger partial charge in [0.2, 0.25) is 0 Å². The summed E-state index contributed by atoms with van der Waals surface area (Å²) in [6.45, 7) is 4.14. The maximum absolute atomic E-state index is 13.7. The highest BCUT2D eigenvalue weighted by Gasteiger charge is 2.34. The van der Waals surface area contributed by atoms with Crippen LogP contribution < -0.4 is 5.32 Å². The fourth-order valence-electron chi connectivity index (χ4n) is 2.80. The summed E-state index contributed by atoms with van der Waals surface area (Å²) in [6.07, 6.45) is 0.318. The van der Waals surface area contributed by atoms with E-state index in [9.17, 15) is 13.9 Å². The molecule has 0 saturated carbocycles. The van der Waals surface area contributed by atoms with Crippen LogP contribution in [0.4, 0.5) is 8.78 Å². The standard InChI is InChI=1S/C18H21F2NO/c1-12-4-6-14(19)10-16(12)18(22,8-9-21-3)17-11-15(20)7-5-13(17)2/h4-7,10-11,21-22H,8-9H2,1-3H3. The molecule has 4 heteroatoms. The zero-order valence-electron chi connectivity index (χ0n) is 13.1. The van der Waals surface area contributed by atoms with Gasteiger partial charge in [-0.1, -0.05) is 12.1 Å². The Morgan fingerprint density at radius 3 is 1.82 bits per heavy atom. The van der Waals surface area contributed by atoms with Gasteiger partial charge in [0.25, 0.3) is 0 Å². The lowest BCUT2D eigenvalue weighted by molar-refractivity contribution is 0.0697. The van der Waals surface area contributed by atoms with Crippen molar-refractivity contribution in [3.8, 4) is 0 Å². The van der Waals surface area contributed by atoms with Gasteiger partial charge in [-0.25, -0.2) is 8.78 Å². The molecule has 2 aromatic carbocycles. The molecule has 0 bridgehead atoms. The molecule has 0 aliphatic carbocycles. The Labute approximate surface area is 129 Å². The first-order valence-corrected chi connectivity index (χ1v) is 7.28. The second-order valence-electron chi connectivity index (χ2n) is 5.63. The summed E-state index contributed by atoms with van der Waals surface area (Å²) in [5.41, 5.74) is 1.03. The molecule has 2 nitrogen and oxygen atoms in total. The van der Waals surface area contributed by atoms with Gasteiger partial charge in [-0.2, -0.15) is 0 Å². The molecule has 0 aliphatic rings. The van der Waals surface area contributed by atoms with Crippen LogP contribution in [0.2, 0.25) is 0 Å². The summed E-state index contributed by atoms with van der Waals surface area (Å²) in [5, 5.41) is 14.3. The maximum Gasteiger partial charge on any atom is 0.123 e. The monoisotopic (exact) mass is 305 g/mol. The molecule has 0 amide bonds. The second kappa shape index (κ2) is 6.55. The Balaban J connectivity index is 2.66. The molecular weight excluding hydrogens is 284 g/mol. The number of hydrogen-bond donors (Lipinski definition) is 2. The molecule has 0 spiro atoms. The first kappa shape index (κ1) is 16.6. The fraction of sp³-hybridized carbons (Fsp3) is 0.333. The minimum Gasteiger partial charge on any atom is -0.380 e. The topological polar surface area (TPSA) is 32.3 Å². The largest absolute Gasteiger partial charge is 0.380 e. The zero-order chi connectivity index (χ0) is 16.3. The van der Waals surface area contributed by atoms with Crippen molar-refractivity contribution in [1.82, 2.24) is 5.32 Å². The minimum absolute atomic E-state index is 0.318. The highest BCUT2D eigenvalue weighted by Crippen LogP contribution is 2.37. The van der Waals surface area contributed by atoms with Gasteiger partial charge in [0, 0.05) is 0 Å². The van der Waals surface area contributed by atoms with Gasteiger partial charge in [0.1, 0.15) is 17.2 Å². The molecule has 2 rings (SSSR count). The first-order valence-electron chi connectivity index (χ1n) is 7.28. The SMILES string of the molecule is CNCCC(O)(c1cc(F)ccc1C)c1cc(F)ccc1C. The van der Waals surface area contributed by atoms with Gasteiger partial charge in [-0.3, -0.25) is 0 Å². The van der Waals surface area contributed by atoms with E-state index in [0.717, 1.165) is 11.1 Å². The summed E-state index contributed by atoms with van der Waals surface area (Å²) >= 11 is 0. The van der Waals surface area contributed by atoms with Crippen molar-refractivity contribution in [2.24, 2.45) is 0 Å². The van der Waals surface area contributed by atoms with E-state index >= 15 is 0 Å². The van der Waals surface area contributed by atoms with Crippen molar-refractivity contribution >= 4 is 0 Å². The Bertz CT molecular complexity index is 619. The Hall–Kier alpha value is -1.78. The van der Waals surface area contributed by atoms with Crippen LogP contribution in [0.5, 0.6) is 0 Å². The third-order valence-corrected chi connectivity index (χ3v) is 4.03. The Kier molecular flexibility index (Phi) is 4.94. The lowest BCUT2D eigenvalue weighted by Crippen LogP contribution is -2.33. The molecular formula is C18H21F2NO. The van der Waals surface area contributed by atoms with Crippen molar-refractivity contribution in [3.63, 3.8) is 0 Å². The predicted molar refractivity (Wildman–Crippen MR) is 83.8 cm³/mol. The van der Waals surface area contributed by atoms with E-state index in [0.29, 0.717) is 24.1 Å². The Morgan fingerprint density at radius 2 is 1.41 bits per heavy atom. The summed E-state index contributed by atoms with van der Waals surface area (Å²) in [6, 6.07) is 8.63. The molecule has 118 valence electrons. The van der Waals surface area contributed by atoms with Crippen LogP contribution in [0.25, 0.3) is 0 Å². The van der Waals surface area contributed by atoms with Crippen molar-refractivity contribution in [1.29, 1.82) is 0 Å². The Morgan fingerprint density at radius 1 is 0.955 bits per heavy atom. The number of benzene rings is 2. The van der Waals surface area contributed by atoms with Gasteiger partial charge < -0.3 is 10.4 Å². The van der Waals surface area contributed by atoms with Crippen LogP contribution in [0.1, 0.15) is 28.7 Å². The van der Waals surface area contributed by atoms with Gasteiger partial charge in [-0.05, 0) is 80.4 Å². The smallest absolute Gasteiger partial charge is 0.123 e. The van der Waals surface area contributed by atoms with E-state index in [4.69, 9.17) is 0 Å². The van der Waals surface area contributed by atoms with E-state index in [1.165, 1.54) is 24.3 Å². The van der Waals surface area contributed by atoms with Crippen LogP contribution in [-0.4, -0.2) is 18.7 Å². The average molecular weight is 305 g/mol. The number of nitrogens with one attached hydrogen (secondary N) is 1. The van der Waals surface area contributed by atoms with Crippen LogP contribution in [-0.2, 0) is 5.60 Å². The molecule has 0 atom stereocenters. The number of aryl methyl sites for hydroxylation is 2. The molecule has 22 heavy (non-hydrogen) atoms. The predicted octanol–water partition coefficient (Wildman–Crippen LogP) is 3.43. The molecule has 0 aliphatic heterocycles. The number of aliphatic hydroxyl groups is 1. The lowest BCUT2D eigenvalue weighted by atomic mass is 9.79. The van der Waals surface area contributed by atoms with Gasteiger partial charge in [0.05, 0.1) is 0 Å². The number of hydrogen-bond acceptors (Lipinski definition) is 2. The van der Waals surface area contributed by atoms with Gasteiger partial charge in [-0.15, -0.1) is 0 Å². The van der Waals surface area contributed by atoms with E-state index in [2.05, 4.69) is 5.32 Å². The third kappa shape index (κ3) is 3.18. The van der Waals surface area contributed by atoms with Gasteiger partial charge in [0.15, 0.2) is 0 Å². The molecule has 0 aromatic heterocycles. The average Bonchev–Trinajstić information content (AvgIpc) is 2.49. The molecule has 2 aromatic rings. The first-order chi connectivity index (χ1) is 10.4. The molecule has 0 fully saturated rings. The highest BCUT2D eigenvalue weighted by atomic mass is 19.1. The van der Waals surface area contributed by atoms with Crippen molar-refractivity contribution in [2.75, 3.05) is 13.6 Å². The minimum atomic E-state index is -1.44. The summed E-state index contributed by atoms with van der Waals surface area (Å²) in [5.74, 6) is -0.838. The maximum atomic E-state index is 13.7. The molecule has 0 heterocycles. The molecule has 0 radical (unpaired) electrons. The number of halogens is 2. The van der Waals surface area contributed by atoms with Crippen LogP contribution in [0.3, 0.4) is 0 Å². The fourth-order valence-corrected chi connectivity index (χ4v) is 2.80. The third-order valence-electron chi connectivity index (χ3n) is 4.03. The van der Waals surface area contributed by atoms with E-state index < -0.39 is 17.2 Å². The quantitative estimate of drug-likeness (QED) is 0.887. The van der Waals surface area contributed by atoms with E-state index in [1.54, 1.807) is 19.2 Å². The zero-order valence-corrected chi connectivity index (χ0v) is 13.1. The van der Waals surface area contributed by atoms with Crippen LogP contribution >= 0.6 is 0 Å². The second-order valence-corrected chi connectivity index (χ2v) is 5.63. The van der Waals surface area contributed by atoms with Crippen LogP contribution in [0, 0.1) is 25.5 Å². The van der Waals surface area contributed by atoms with Crippen LogP contribution in [0.15, 0.2) is 36.4 Å². The highest BCUT2D eigenvalue weighted by molar-refractivity contribution is 5.44. The lowest BCUT2D eigenvalue weighted by Gasteiger charge is -2.32. The summed E-state index contributed by atoms with van der Waals surface area (Å²) in [7, 11) is 1.78. The van der Waals surface area contributed by atoms with Crippen molar-refractivity contribution in [3.05, 3.63) is 70.3 Å². The number of rotatable bonds is 5.